The highest BCUT2D eigenvalue weighted by Crippen LogP contribution is 2.19. The van der Waals surface area contributed by atoms with E-state index in [2.05, 4.69) is 4.98 Å². The molecule has 0 N–H and O–H groups in total. The van der Waals surface area contributed by atoms with E-state index in [9.17, 15) is 14.4 Å². The first kappa shape index (κ1) is 22.0. The molecule has 0 saturated heterocycles. The van der Waals surface area contributed by atoms with Gasteiger partial charge in [0.2, 0.25) is 0 Å². The van der Waals surface area contributed by atoms with Crippen molar-refractivity contribution in [1.82, 2.24) is 14.5 Å². The molecule has 1 heterocycles. The van der Waals surface area contributed by atoms with Gasteiger partial charge < -0.3 is 18.9 Å². The van der Waals surface area contributed by atoms with Crippen LogP contribution in [0, 0.1) is 6.92 Å². The van der Waals surface area contributed by atoms with E-state index in [0.717, 1.165) is 5.56 Å². The molecule has 3 aromatic rings. The van der Waals surface area contributed by atoms with E-state index < -0.39 is 5.97 Å². The topological polar surface area (TPSA) is 90.7 Å². The van der Waals surface area contributed by atoms with E-state index in [1.807, 2.05) is 31.2 Å². The summed E-state index contributed by atoms with van der Waals surface area (Å²) in [6.07, 6.45) is 0. The SMILES string of the molecule is CCn1c(=O)c(C)nc2cc(C(=O)OCC(=O)N(C)Cc3ccccc3OC)ccc21. The van der Waals surface area contributed by atoms with Crippen LogP contribution in [0.25, 0.3) is 11.0 Å². The fraction of sp³-hybridized carbons (Fsp3) is 0.304. The minimum absolute atomic E-state index is 0.158. The number of hydrogen-bond donors (Lipinski definition) is 0. The lowest BCUT2D eigenvalue weighted by molar-refractivity contribution is -0.133. The van der Waals surface area contributed by atoms with Gasteiger partial charge in [0.1, 0.15) is 11.4 Å². The molecule has 0 bridgehead atoms. The molecule has 0 unspecified atom stereocenters. The lowest BCUT2D eigenvalue weighted by atomic mass is 10.2. The Labute approximate surface area is 180 Å². The Morgan fingerprint density at radius 3 is 2.61 bits per heavy atom. The van der Waals surface area contributed by atoms with Crippen molar-refractivity contribution < 1.29 is 19.1 Å². The van der Waals surface area contributed by atoms with Crippen LogP contribution in [0.5, 0.6) is 5.75 Å². The lowest BCUT2D eigenvalue weighted by Crippen LogP contribution is -2.31. The molecule has 0 fully saturated rings. The highest BCUT2D eigenvalue weighted by Gasteiger charge is 2.16. The summed E-state index contributed by atoms with van der Waals surface area (Å²) < 4.78 is 12.1. The van der Waals surface area contributed by atoms with Gasteiger partial charge in [0, 0.05) is 25.7 Å². The molecule has 0 aliphatic carbocycles. The zero-order valence-corrected chi connectivity index (χ0v) is 18.0. The van der Waals surface area contributed by atoms with Crippen molar-refractivity contribution in [2.75, 3.05) is 20.8 Å². The average molecular weight is 423 g/mol. The van der Waals surface area contributed by atoms with Crippen LogP contribution in [0.3, 0.4) is 0 Å². The van der Waals surface area contributed by atoms with Crippen molar-refractivity contribution in [2.45, 2.75) is 26.9 Å². The third kappa shape index (κ3) is 4.74. The maximum atomic E-state index is 12.5. The van der Waals surface area contributed by atoms with Crippen LogP contribution < -0.4 is 10.3 Å². The molecule has 3 rings (SSSR count). The molecule has 1 amide bonds. The Balaban J connectivity index is 1.68. The summed E-state index contributed by atoms with van der Waals surface area (Å²) in [5.74, 6) is -0.285. The van der Waals surface area contributed by atoms with Crippen molar-refractivity contribution in [2.24, 2.45) is 0 Å². The van der Waals surface area contributed by atoms with Crippen LogP contribution in [-0.4, -0.2) is 47.1 Å². The number of para-hydroxylation sites is 1. The molecule has 0 radical (unpaired) electrons. The summed E-state index contributed by atoms with van der Waals surface area (Å²) in [5, 5.41) is 0. The number of aromatic nitrogens is 2. The van der Waals surface area contributed by atoms with Crippen molar-refractivity contribution in [3.8, 4) is 5.75 Å². The van der Waals surface area contributed by atoms with Crippen molar-refractivity contribution in [1.29, 1.82) is 0 Å². The number of fused-ring (bicyclic) bond motifs is 1. The molecule has 0 saturated carbocycles. The zero-order valence-electron chi connectivity index (χ0n) is 18.0. The summed E-state index contributed by atoms with van der Waals surface area (Å²) in [7, 11) is 3.21. The molecular weight excluding hydrogens is 398 g/mol. The molecular formula is C23H25N3O5. The minimum atomic E-state index is -0.630. The molecule has 0 aliphatic heterocycles. The van der Waals surface area contributed by atoms with E-state index in [0.29, 0.717) is 35.6 Å². The number of likely N-dealkylation sites (N-methyl/N-ethyl adjacent to an activating group) is 1. The van der Waals surface area contributed by atoms with Gasteiger partial charge in [-0.25, -0.2) is 9.78 Å². The summed E-state index contributed by atoms with van der Waals surface area (Å²) in [6.45, 7) is 3.94. The fourth-order valence-corrected chi connectivity index (χ4v) is 3.31. The number of carbonyl (C=O) groups is 2. The maximum Gasteiger partial charge on any atom is 0.338 e. The molecule has 8 heteroatoms. The van der Waals surface area contributed by atoms with Crippen LogP contribution in [0.1, 0.15) is 28.5 Å². The minimum Gasteiger partial charge on any atom is -0.496 e. The number of aryl methyl sites for hydroxylation is 2. The van der Waals surface area contributed by atoms with Crippen LogP contribution in [0.4, 0.5) is 0 Å². The van der Waals surface area contributed by atoms with Crippen molar-refractivity contribution in [3.63, 3.8) is 0 Å². The van der Waals surface area contributed by atoms with Gasteiger partial charge in [0.05, 0.1) is 23.7 Å². The zero-order chi connectivity index (χ0) is 22.5. The number of rotatable bonds is 7. The number of benzene rings is 2. The Bertz CT molecular complexity index is 1190. The van der Waals surface area contributed by atoms with Crippen LogP contribution >= 0.6 is 0 Å². The van der Waals surface area contributed by atoms with Gasteiger partial charge in [-0.05, 0) is 38.1 Å². The largest absolute Gasteiger partial charge is 0.496 e. The second kappa shape index (κ2) is 9.42. The summed E-state index contributed by atoms with van der Waals surface area (Å²) in [4.78, 5) is 42.8. The third-order valence-electron chi connectivity index (χ3n) is 5.01. The van der Waals surface area contributed by atoms with Crippen molar-refractivity contribution in [3.05, 3.63) is 69.6 Å². The maximum absolute atomic E-state index is 12.5. The van der Waals surface area contributed by atoms with Gasteiger partial charge in [-0.2, -0.15) is 0 Å². The van der Waals surface area contributed by atoms with Crippen molar-refractivity contribution >= 4 is 22.9 Å². The second-order valence-corrected chi connectivity index (χ2v) is 7.09. The summed E-state index contributed by atoms with van der Waals surface area (Å²) >= 11 is 0. The third-order valence-corrected chi connectivity index (χ3v) is 5.01. The van der Waals surface area contributed by atoms with Gasteiger partial charge in [0.15, 0.2) is 6.61 Å². The van der Waals surface area contributed by atoms with E-state index in [4.69, 9.17) is 9.47 Å². The van der Waals surface area contributed by atoms with Gasteiger partial charge in [-0.15, -0.1) is 0 Å². The van der Waals surface area contributed by atoms with Gasteiger partial charge >= 0.3 is 5.97 Å². The number of ether oxygens (including phenoxy) is 2. The number of hydrogen-bond acceptors (Lipinski definition) is 6. The Kier molecular flexibility index (Phi) is 6.69. The normalized spacial score (nSPS) is 10.7. The predicted molar refractivity (Wildman–Crippen MR) is 116 cm³/mol. The van der Waals surface area contributed by atoms with Crippen LogP contribution in [0.15, 0.2) is 47.3 Å². The Morgan fingerprint density at radius 1 is 1.16 bits per heavy atom. The van der Waals surface area contributed by atoms with Gasteiger partial charge in [0.25, 0.3) is 11.5 Å². The molecule has 0 spiro atoms. The van der Waals surface area contributed by atoms with E-state index in [1.54, 1.807) is 43.8 Å². The molecule has 8 nitrogen and oxygen atoms in total. The molecule has 1 aromatic heterocycles. The molecule has 2 aromatic carbocycles. The standard InChI is InChI=1S/C23H25N3O5/c1-5-26-19-11-10-16(12-18(19)24-15(2)22(26)28)23(29)31-14-21(27)25(3)13-17-8-6-7-9-20(17)30-4/h6-12H,5,13-14H2,1-4H3. The Morgan fingerprint density at radius 2 is 1.90 bits per heavy atom. The van der Waals surface area contributed by atoms with Gasteiger partial charge in [-0.3, -0.25) is 9.59 Å². The molecule has 0 aliphatic rings. The number of carbonyl (C=O) groups excluding carboxylic acids is 2. The predicted octanol–water partition coefficient (Wildman–Crippen LogP) is 2.55. The smallest absolute Gasteiger partial charge is 0.338 e. The van der Waals surface area contributed by atoms with E-state index in [-0.39, 0.29) is 23.6 Å². The molecule has 162 valence electrons. The quantitative estimate of drug-likeness (QED) is 0.543. The molecule has 31 heavy (non-hydrogen) atoms. The van der Waals surface area contributed by atoms with Crippen LogP contribution in [0.2, 0.25) is 0 Å². The molecule has 0 atom stereocenters. The van der Waals surface area contributed by atoms with Crippen LogP contribution in [-0.2, 0) is 22.6 Å². The number of methoxy groups -OCH3 is 1. The van der Waals surface area contributed by atoms with E-state index in [1.165, 1.54) is 4.90 Å². The van der Waals surface area contributed by atoms with Gasteiger partial charge in [-0.1, -0.05) is 18.2 Å². The number of esters is 1. The first-order valence-corrected chi connectivity index (χ1v) is 9.89. The summed E-state index contributed by atoms with van der Waals surface area (Å²) in [6, 6.07) is 12.2. The summed E-state index contributed by atoms with van der Waals surface area (Å²) in [5.41, 5.74) is 2.48. The number of amides is 1. The Hall–Kier alpha value is -3.68. The lowest BCUT2D eigenvalue weighted by Gasteiger charge is -2.18. The first-order valence-electron chi connectivity index (χ1n) is 9.89. The average Bonchev–Trinajstić information content (AvgIpc) is 2.78. The highest BCUT2D eigenvalue weighted by molar-refractivity contribution is 5.94. The first-order chi connectivity index (χ1) is 14.8. The fourth-order valence-electron chi connectivity index (χ4n) is 3.31. The second-order valence-electron chi connectivity index (χ2n) is 7.09. The number of nitrogens with zero attached hydrogens (tertiary/aromatic N) is 3. The monoisotopic (exact) mass is 423 g/mol. The van der Waals surface area contributed by atoms with E-state index >= 15 is 0 Å². The highest BCUT2D eigenvalue weighted by atomic mass is 16.5.